The van der Waals surface area contributed by atoms with Gasteiger partial charge in [-0.15, -0.1) is 0 Å². The van der Waals surface area contributed by atoms with Gasteiger partial charge in [-0.05, 0) is 32.0 Å². The second-order valence-corrected chi connectivity index (χ2v) is 6.70. The Bertz CT molecular complexity index is 965. The lowest BCUT2D eigenvalue weighted by atomic mass is 9.93. The molecule has 1 aliphatic rings. The Morgan fingerprint density at radius 2 is 2.16 bits per heavy atom. The monoisotopic (exact) mass is 338 g/mol. The summed E-state index contributed by atoms with van der Waals surface area (Å²) in [5.41, 5.74) is 1.60. The number of aromatic nitrogens is 4. The van der Waals surface area contributed by atoms with Gasteiger partial charge in [-0.25, -0.2) is 9.97 Å². The van der Waals surface area contributed by atoms with Gasteiger partial charge in [-0.2, -0.15) is 5.10 Å². The van der Waals surface area contributed by atoms with E-state index < -0.39 is 5.41 Å². The van der Waals surface area contributed by atoms with Gasteiger partial charge < -0.3 is 15.0 Å². The summed E-state index contributed by atoms with van der Waals surface area (Å²) in [5.74, 6) is 1.34. The maximum absolute atomic E-state index is 12.6. The molecule has 8 nitrogen and oxygen atoms in total. The van der Waals surface area contributed by atoms with Gasteiger partial charge >= 0.3 is 0 Å². The molecule has 0 saturated carbocycles. The number of H-pyrrole nitrogens is 1. The van der Waals surface area contributed by atoms with E-state index >= 15 is 0 Å². The van der Waals surface area contributed by atoms with E-state index in [1.807, 2.05) is 32.0 Å². The van der Waals surface area contributed by atoms with Crippen molar-refractivity contribution in [3.05, 3.63) is 30.7 Å². The molecule has 0 saturated heterocycles. The molecule has 3 heterocycles. The highest BCUT2D eigenvalue weighted by Crippen LogP contribution is 2.38. The van der Waals surface area contributed by atoms with Crippen LogP contribution in [0.5, 0.6) is 5.75 Å². The molecule has 1 aromatic carbocycles. The van der Waals surface area contributed by atoms with Gasteiger partial charge in [-0.3, -0.25) is 9.89 Å². The van der Waals surface area contributed by atoms with Gasteiger partial charge in [0.05, 0.1) is 22.7 Å². The highest BCUT2D eigenvalue weighted by Gasteiger charge is 2.36. The topological polar surface area (TPSA) is 96.0 Å². The average molecular weight is 338 g/mol. The molecule has 25 heavy (non-hydrogen) atoms. The Morgan fingerprint density at radius 3 is 3.00 bits per heavy atom. The lowest BCUT2D eigenvalue weighted by Gasteiger charge is -2.24. The van der Waals surface area contributed by atoms with Crippen molar-refractivity contribution in [1.29, 1.82) is 0 Å². The minimum Gasteiger partial charge on any atom is -0.490 e. The highest BCUT2D eigenvalue weighted by atomic mass is 16.5. The van der Waals surface area contributed by atoms with Crippen molar-refractivity contribution in [2.24, 2.45) is 5.41 Å². The van der Waals surface area contributed by atoms with Crippen molar-refractivity contribution in [2.45, 2.75) is 13.8 Å². The predicted molar refractivity (Wildman–Crippen MR) is 94.1 cm³/mol. The summed E-state index contributed by atoms with van der Waals surface area (Å²) in [6.07, 6.45) is 3.13. The number of nitrogens with zero attached hydrogens (tertiary/aromatic N) is 4. The van der Waals surface area contributed by atoms with Crippen molar-refractivity contribution < 1.29 is 9.53 Å². The third-order valence-electron chi connectivity index (χ3n) is 4.30. The quantitative estimate of drug-likeness (QED) is 0.745. The molecule has 0 bridgehead atoms. The van der Waals surface area contributed by atoms with E-state index in [0.29, 0.717) is 23.8 Å². The van der Waals surface area contributed by atoms with Crippen molar-refractivity contribution in [2.75, 3.05) is 23.9 Å². The molecule has 0 atom stereocenters. The average Bonchev–Trinajstić information content (AvgIpc) is 3.06. The summed E-state index contributed by atoms with van der Waals surface area (Å²) in [6.45, 7) is 4.11. The number of amides is 1. The SMILES string of the molecule is CN1C(=O)C(C)(C)COc2ccc(Nc3ncnc4[nH]ncc34)cc21. The maximum atomic E-state index is 12.6. The predicted octanol–water partition coefficient (Wildman–Crippen LogP) is 2.48. The molecule has 4 rings (SSSR count). The van der Waals surface area contributed by atoms with Crippen LogP contribution in [0.1, 0.15) is 13.8 Å². The standard InChI is InChI=1S/C17H18N6O2/c1-17(2)8-25-13-5-4-10(6-12(13)23(3)16(17)24)21-14-11-7-20-22-15(11)19-9-18-14/h4-7,9H,8H2,1-3H3,(H2,18,19,20,21,22). The summed E-state index contributed by atoms with van der Waals surface area (Å²) in [4.78, 5) is 22.7. The van der Waals surface area contributed by atoms with Gasteiger partial charge in [0.2, 0.25) is 5.91 Å². The Hall–Kier alpha value is -3.16. The number of nitrogens with one attached hydrogen (secondary N) is 2. The molecule has 8 heteroatoms. The fourth-order valence-corrected chi connectivity index (χ4v) is 2.86. The van der Waals surface area contributed by atoms with Crippen LogP contribution >= 0.6 is 0 Å². The third-order valence-corrected chi connectivity index (χ3v) is 4.30. The zero-order valence-corrected chi connectivity index (χ0v) is 14.2. The van der Waals surface area contributed by atoms with E-state index in [2.05, 4.69) is 25.5 Å². The molecule has 128 valence electrons. The summed E-state index contributed by atoms with van der Waals surface area (Å²) in [6, 6.07) is 5.63. The number of benzene rings is 1. The third kappa shape index (κ3) is 2.55. The van der Waals surface area contributed by atoms with Gasteiger partial charge in [0.1, 0.15) is 24.5 Å². The van der Waals surface area contributed by atoms with Crippen molar-refractivity contribution in [3.63, 3.8) is 0 Å². The second-order valence-electron chi connectivity index (χ2n) is 6.70. The second kappa shape index (κ2) is 5.44. The van der Waals surface area contributed by atoms with Crippen LogP contribution in [0.4, 0.5) is 17.2 Å². The normalized spacial score (nSPS) is 16.3. The molecule has 2 aromatic heterocycles. The van der Waals surface area contributed by atoms with Crippen LogP contribution in [-0.4, -0.2) is 39.7 Å². The Balaban J connectivity index is 1.71. The Kier molecular flexibility index (Phi) is 3.34. The summed E-state index contributed by atoms with van der Waals surface area (Å²) in [7, 11) is 1.76. The molecule has 3 aromatic rings. The van der Waals surface area contributed by atoms with E-state index in [4.69, 9.17) is 4.74 Å². The summed E-state index contributed by atoms with van der Waals surface area (Å²) < 4.78 is 5.84. The largest absolute Gasteiger partial charge is 0.490 e. The lowest BCUT2D eigenvalue weighted by molar-refractivity contribution is -0.127. The first-order valence-corrected chi connectivity index (χ1v) is 7.92. The minimum atomic E-state index is -0.572. The van der Waals surface area contributed by atoms with Crippen LogP contribution < -0.4 is 15.0 Å². The smallest absolute Gasteiger partial charge is 0.235 e. The van der Waals surface area contributed by atoms with Crippen LogP contribution in [0.25, 0.3) is 11.0 Å². The number of hydrogen-bond donors (Lipinski definition) is 2. The number of fused-ring (bicyclic) bond motifs is 2. The highest BCUT2D eigenvalue weighted by molar-refractivity contribution is 5.99. The van der Waals surface area contributed by atoms with Crippen molar-refractivity contribution in [1.82, 2.24) is 20.2 Å². The van der Waals surface area contributed by atoms with E-state index in [-0.39, 0.29) is 5.91 Å². The van der Waals surface area contributed by atoms with E-state index in [1.54, 1.807) is 18.1 Å². The summed E-state index contributed by atoms with van der Waals surface area (Å²) >= 11 is 0. The summed E-state index contributed by atoms with van der Waals surface area (Å²) in [5, 5.41) is 10.8. The number of carbonyl (C=O) groups excluding carboxylic acids is 1. The van der Waals surface area contributed by atoms with Gasteiger partial charge in [0.15, 0.2) is 5.65 Å². The fraction of sp³-hybridized carbons (Fsp3) is 0.294. The maximum Gasteiger partial charge on any atom is 0.235 e. The van der Waals surface area contributed by atoms with Gasteiger partial charge in [0.25, 0.3) is 0 Å². The minimum absolute atomic E-state index is 0.0164. The number of carbonyl (C=O) groups is 1. The van der Waals surface area contributed by atoms with E-state index in [0.717, 1.165) is 16.8 Å². The number of ether oxygens (including phenoxy) is 1. The molecule has 1 aliphatic heterocycles. The molecular weight excluding hydrogens is 320 g/mol. The molecule has 0 unspecified atom stereocenters. The lowest BCUT2D eigenvalue weighted by Crippen LogP contribution is -2.39. The van der Waals surface area contributed by atoms with Gasteiger partial charge in [-0.1, -0.05) is 0 Å². The van der Waals surface area contributed by atoms with Crippen LogP contribution in [0.15, 0.2) is 30.7 Å². The van der Waals surface area contributed by atoms with Crippen LogP contribution in [0.3, 0.4) is 0 Å². The first-order valence-electron chi connectivity index (χ1n) is 7.92. The molecular formula is C17H18N6O2. The van der Waals surface area contributed by atoms with E-state index in [1.165, 1.54) is 6.33 Å². The van der Waals surface area contributed by atoms with Crippen LogP contribution in [-0.2, 0) is 4.79 Å². The molecule has 0 spiro atoms. The zero-order chi connectivity index (χ0) is 17.6. The molecule has 0 radical (unpaired) electrons. The number of aromatic amines is 1. The number of anilines is 3. The Labute approximate surface area is 144 Å². The molecule has 1 amide bonds. The van der Waals surface area contributed by atoms with Crippen molar-refractivity contribution >= 4 is 34.1 Å². The molecule has 2 N–H and O–H groups in total. The first-order chi connectivity index (χ1) is 12.0. The van der Waals surface area contributed by atoms with Crippen molar-refractivity contribution in [3.8, 4) is 5.75 Å². The molecule has 0 aliphatic carbocycles. The van der Waals surface area contributed by atoms with Gasteiger partial charge in [0, 0.05) is 12.7 Å². The van der Waals surface area contributed by atoms with Crippen LogP contribution in [0, 0.1) is 5.41 Å². The number of hydrogen-bond acceptors (Lipinski definition) is 6. The molecule has 0 fully saturated rings. The Morgan fingerprint density at radius 1 is 1.32 bits per heavy atom. The number of rotatable bonds is 2. The van der Waals surface area contributed by atoms with Crippen LogP contribution in [0.2, 0.25) is 0 Å². The first kappa shape index (κ1) is 15.4. The zero-order valence-electron chi connectivity index (χ0n) is 14.2. The van der Waals surface area contributed by atoms with E-state index in [9.17, 15) is 4.79 Å². The fourth-order valence-electron chi connectivity index (χ4n) is 2.86.